The summed E-state index contributed by atoms with van der Waals surface area (Å²) in [6.45, 7) is 4.10. The van der Waals surface area contributed by atoms with Gasteiger partial charge in [-0.15, -0.1) is 0 Å². The summed E-state index contributed by atoms with van der Waals surface area (Å²) in [5.74, 6) is 0.416. The molecule has 0 rings (SSSR count). The predicted molar refractivity (Wildman–Crippen MR) is 49.6 cm³/mol. The third-order valence-electron chi connectivity index (χ3n) is 0.990. The Morgan fingerprint density at radius 2 is 2.22 bits per heavy atom. The molecule has 0 radical (unpaired) electrons. The van der Waals surface area contributed by atoms with Gasteiger partial charge < -0.3 is 5.73 Å². The van der Waals surface area contributed by atoms with Crippen LogP contribution in [-0.2, 0) is 0 Å². The van der Waals surface area contributed by atoms with Crippen LogP contribution >= 0.6 is 22.9 Å². The summed E-state index contributed by atoms with van der Waals surface area (Å²) in [6.07, 6.45) is 3.51. The van der Waals surface area contributed by atoms with E-state index in [4.69, 9.17) is 5.73 Å². The van der Waals surface area contributed by atoms with Gasteiger partial charge in [0, 0.05) is 11.9 Å². The highest BCUT2D eigenvalue weighted by Crippen LogP contribution is 1.99. The maximum Gasteiger partial charge on any atom is 0.0831 e. The lowest BCUT2D eigenvalue weighted by atomic mass is 10.1. The molecule has 0 aromatic rings. The molecular weight excluding hydrogens is 227 g/mol. The molecule has 9 heavy (non-hydrogen) atoms. The van der Waals surface area contributed by atoms with Crippen molar-refractivity contribution < 1.29 is 0 Å². The van der Waals surface area contributed by atoms with E-state index in [0.29, 0.717) is 5.92 Å². The topological polar surface area (TPSA) is 38.4 Å². The van der Waals surface area contributed by atoms with Gasteiger partial charge in [0.1, 0.15) is 0 Å². The van der Waals surface area contributed by atoms with E-state index in [1.54, 1.807) is 6.21 Å². The number of halogens is 1. The molecule has 0 aliphatic rings. The van der Waals surface area contributed by atoms with Crippen molar-refractivity contribution in [1.29, 1.82) is 0 Å². The molecule has 0 atom stereocenters. The Morgan fingerprint density at radius 1 is 1.67 bits per heavy atom. The number of hydrogen-bond donors (Lipinski definition) is 1. The van der Waals surface area contributed by atoms with E-state index in [2.05, 4.69) is 3.21 Å². The molecule has 3 heteroatoms. The molecule has 0 aliphatic heterocycles. The van der Waals surface area contributed by atoms with Gasteiger partial charge in [-0.05, 0) is 12.0 Å². The molecule has 0 saturated carbocycles. The summed E-state index contributed by atoms with van der Waals surface area (Å²) < 4.78 is 3.75. The van der Waals surface area contributed by atoms with Gasteiger partial charge in [-0.1, -0.05) is 13.8 Å². The Hall–Kier alpha value is -0.0600. The Kier molecular flexibility index (Phi) is 4.75. The van der Waals surface area contributed by atoms with Crippen molar-refractivity contribution in [3.8, 4) is 0 Å². The maximum absolute atomic E-state index is 5.57. The zero-order chi connectivity index (χ0) is 7.28. The van der Waals surface area contributed by atoms with Crippen LogP contribution in [0.25, 0.3) is 0 Å². The minimum atomic E-state index is 0.416. The summed E-state index contributed by atoms with van der Waals surface area (Å²) in [5, 5.41) is 0. The van der Waals surface area contributed by atoms with Gasteiger partial charge in [-0.3, -0.25) is 0 Å². The monoisotopic (exact) mass is 238 g/mol. The molecule has 0 bridgehead atoms. The van der Waals surface area contributed by atoms with Crippen LogP contribution < -0.4 is 5.73 Å². The van der Waals surface area contributed by atoms with Crippen LogP contribution in [0.15, 0.2) is 15.0 Å². The maximum atomic E-state index is 5.57. The number of nitrogens with zero attached hydrogens (tertiary/aromatic N) is 1. The molecule has 2 nitrogen and oxygen atoms in total. The van der Waals surface area contributed by atoms with Crippen LogP contribution in [0.4, 0.5) is 0 Å². The number of nitrogens with two attached hydrogens (primary N) is 1. The Balaban J connectivity index is 3.84. The van der Waals surface area contributed by atoms with Crippen LogP contribution in [0.2, 0.25) is 0 Å². The van der Waals surface area contributed by atoms with E-state index in [1.807, 2.05) is 42.8 Å². The summed E-state index contributed by atoms with van der Waals surface area (Å²) in [6, 6.07) is 0. The second kappa shape index (κ2) is 4.78. The molecule has 0 spiro atoms. The average Bonchev–Trinajstić information content (AvgIpc) is 1.82. The Labute approximate surface area is 69.7 Å². The van der Waals surface area contributed by atoms with Gasteiger partial charge in [0.25, 0.3) is 0 Å². The number of hydrogen-bond acceptors (Lipinski definition) is 2. The van der Waals surface area contributed by atoms with Gasteiger partial charge >= 0.3 is 0 Å². The summed E-state index contributed by atoms with van der Waals surface area (Å²) >= 11 is 1.91. The van der Waals surface area contributed by atoms with Crippen molar-refractivity contribution in [2.75, 3.05) is 0 Å². The number of rotatable bonds is 2. The fraction of sp³-hybridized carbons (Fsp3) is 0.500. The quantitative estimate of drug-likeness (QED) is 0.579. The van der Waals surface area contributed by atoms with Gasteiger partial charge in [-0.2, -0.15) is 0 Å². The molecule has 0 saturated heterocycles. The van der Waals surface area contributed by atoms with Crippen molar-refractivity contribution in [3.63, 3.8) is 0 Å². The minimum Gasteiger partial charge on any atom is -0.402 e. The van der Waals surface area contributed by atoms with Crippen molar-refractivity contribution in [2.24, 2.45) is 14.9 Å². The van der Waals surface area contributed by atoms with Crippen LogP contribution in [0.3, 0.4) is 0 Å². The first kappa shape index (κ1) is 8.94. The second-order valence-electron chi connectivity index (χ2n) is 2.07. The Bertz CT molecular complexity index is 127. The third kappa shape index (κ3) is 4.44. The van der Waals surface area contributed by atoms with Crippen molar-refractivity contribution in [2.45, 2.75) is 13.8 Å². The Morgan fingerprint density at radius 3 is 2.56 bits per heavy atom. The van der Waals surface area contributed by atoms with Crippen molar-refractivity contribution in [3.05, 3.63) is 11.8 Å². The van der Waals surface area contributed by atoms with E-state index < -0.39 is 0 Å². The first-order chi connectivity index (χ1) is 4.18. The molecular formula is C6H11IN2. The fourth-order valence-corrected chi connectivity index (χ4v) is 0.467. The lowest BCUT2D eigenvalue weighted by molar-refractivity contribution is 0.759. The molecule has 0 amide bonds. The standard InChI is InChI=1S/C6H11IN2/c1-5(2)6(8)3-4-9-7/h3-5H,8H2,1-2H3. The van der Waals surface area contributed by atoms with Crippen molar-refractivity contribution in [1.82, 2.24) is 0 Å². The van der Waals surface area contributed by atoms with Crippen LogP contribution in [0.5, 0.6) is 0 Å². The zero-order valence-electron chi connectivity index (χ0n) is 5.63. The van der Waals surface area contributed by atoms with E-state index in [0.717, 1.165) is 5.70 Å². The van der Waals surface area contributed by atoms with E-state index in [9.17, 15) is 0 Å². The molecule has 0 aliphatic carbocycles. The molecule has 52 valence electrons. The molecule has 2 N–H and O–H groups in total. The molecule has 0 fully saturated rings. The van der Waals surface area contributed by atoms with Crippen LogP contribution in [0, 0.1) is 5.92 Å². The highest BCUT2D eigenvalue weighted by Gasteiger charge is 1.92. The summed E-state index contributed by atoms with van der Waals surface area (Å²) in [5.41, 5.74) is 6.44. The van der Waals surface area contributed by atoms with E-state index in [-0.39, 0.29) is 0 Å². The van der Waals surface area contributed by atoms with Gasteiger partial charge in [0.05, 0.1) is 22.9 Å². The highest BCUT2D eigenvalue weighted by atomic mass is 127. The summed E-state index contributed by atoms with van der Waals surface area (Å²) in [4.78, 5) is 0. The molecule has 0 unspecified atom stereocenters. The molecule has 0 aromatic carbocycles. The predicted octanol–water partition coefficient (Wildman–Crippen LogP) is 1.91. The molecule has 0 heterocycles. The minimum absolute atomic E-state index is 0.416. The van der Waals surface area contributed by atoms with Crippen LogP contribution in [-0.4, -0.2) is 6.21 Å². The first-order valence-corrected chi connectivity index (χ1v) is 3.75. The SMILES string of the molecule is CC(C)C(N)=CC=NI. The van der Waals surface area contributed by atoms with Gasteiger partial charge in [0.2, 0.25) is 0 Å². The average molecular weight is 238 g/mol. The lowest BCUT2D eigenvalue weighted by Crippen LogP contribution is -2.04. The second-order valence-corrected chi connectivity index (χ2v) is 2.63. The van der Waals surface area contributed by atoms with E-state index in [1.165, 1.54) is 0 Å². The fourth-order valence-electron chi connectivity index (χ4n) is 0.307. The van der Waals surface area contributed by atoms with Crippen LogP contribution in [0.1, 0.15) is 13.8 Å². The number of allylic oxidation sites excluding steroid dienone is 2. The normalized spacial score (nSPS) is 13.6. The smallest absolute Gasteiger partial charge is 0.0831 e. The first-order valence-electron chi connectivity index (χ1n) is 2.78. The molecule has 0 aromatic heterocycles. The van der Waals surface area contributed by atoms with Gasteiger partial charge in [-0.25, -0.2) is 3.21 Å². The van der Waals surface area contributed by atoms with Gasteiger partial charge in [0.15, 0.2) is 0 Å². The lowest BCUT2D eigenvalue weighted by Gasteiger charge is -2.00. The zero-order valence-corrected chi connectivity index (χ0v) is 7.79. The summed E-state index contributed by atoms with van der Waals surface area (Å²) in [7, 11) is 0. The largest absolute Gasteiger partial charge is 0.402 e. The van der Waals surface area contributed by atoms with Crippen molar-refractivity contribution >= 4 is 29.1 Å². The highest BCUT2D eigenvalue weighted by molar-refractivity contribution is 14.1. The van der Waals surface area contributed by atoms with E-state index >= 15 is 0 Å². The third-order valence-corrected chi connectivity index (χ3v) is 1.31.